The lowest BCUT2D eigenvalue weighted by molar-refractivity contribution is -0.140. The number of nitrogens with two attached hydrogens (primary N) is 1. The van der Waals surface area contributed by atoms with Crippen LogP contribution in [0.1, 0.15) is 36.8 Å². The summed E-state index contributed by atoms with van der Waals surface area (Å²) in [6.45, 7) is 1.92. The number of carbonyl (C=O) groups excluding carboxylic acids is 2. The Morgan fingerprint density at radius 2 is 2.06 bits per heavy atom. The Morgan fingerprint density at radius 3 is 2.71 bits per heavy atom. The fourth-order valence-corrected chi connectivity index (χ4v) is 4.80. The van der Waals surface area contributed by atoms with Gasteiger partial charge in [-0.25, -0.2) is 14.0 Å². The summed E-state index contributed by atoms with van der Waals surface area (Å²) in [5.74, 6) is -2.41. The van der Waals surface area contributed by atoms with E-state index in [9.17, 15) is 19.2 Å². The zero-order valence-corrected chi connectivity index (χ0v) is 17.8. The van der Waals surface area contributed by atoms with E-state index in [2.05, 4.69) is 5.32 Å². The molecule has 9 heteroatoms. The molecule has 0 saturated heterocycles. The van der Waals surface area contributed by atoms with Crippen LogP contribution in [0.25, 0.3) is 10.1 Å². The van der Waals surface area contributed by atoms with E-state index in [1.807, 2.05) is 6.07 Å². The van der Waals surface area contributed by atoms with Gasteiger partial charge in [0.05, 0.1) is 41.0 Å². The van der Waals surface area contributed by atoms with E-state index in [0.717, 1.165) is 18.9 Å². The van der Waals surface area contributed by atoms with Crippen LogP contribution in [0.15, 0.2) is 40.2 Å². The number of carbonyl (C=O) groups is 2. The van der Waals surface area contributed by atoms with Gasteiger partial charge in [-0.1, -0.05) is 0 Å². The van der Waals surface area contributed by atoms with E-state index >= 15 is 0 Å². The van der Waals surface area contributed by atoms with Crippen molar-refractivity contribution >= 4 is 33.4 Å². The number of allylic oxidation sites excluding steroid dienone is 1. The Hall–Kier alpha value is -3.38. The zero-order chi connectivity index (χ0) is 22.3. The van der Waals surface area contributed by atoms with Crippen molar-refractivity contribution in [3.63, 3.8) is 0 Å². The Kier molecular flexibility index (Phi) is 5.41. The third kappa shape index (κ3) is 3.75. The fraction of sp³-hybridized carbons (Fsp3) is 0.318. The molecule has 3 N–H and O–H groups in total. The quantitative estimate of drug-likeness (QED) is 0.685. The molecule has 1 saturated carbocycles. The Morgan fingerprint density at radius 1 is 1.32 bits per heavy atom. The summed E-state index contributed by atoms with van der Waals surface area (Å²) in [4.78, 5) is 25.7. The summed E-state index contributed by atoms with van der Waals surface area (Å²) >= 11 is 1.23. The molecule has 4 rings (SSSR count). The predicted molar refractivity (Wildman–Crippen MR) is 112 cm³/mol. The molecule has 1 aliphatic heterocycles. The molecule has 0 amide bonds. The van der Waals surface area contributed by atoms with Crippen molar-refractivity contribution in [1.82, 2.24) is 5.32 Å². The lowest BCUT2D eigenvalue weighted by Crippen LogP contribution is -2.36. The summed E-state index contributed by atoms with van der Waals surface area (Å²) in [5, 5.41) is 14.4. The van der Waals surface area contributed by atoms with E-state index in [0.29, 0.717) is 27.3 Å². The number of fused-ring (bicyclic) bond motifs is 1. The normalized spacial score (nSPS) is 18.6. The Bertz CT molecular complexity index is 1200. The average molecular weight is 441 g/mol. The lowest BCUT2D eigenvalue weighted by Gasteiger charge is -2.29. The minimum absolute atomic E-state index is 0.0622. The number of hydrogen-bond acceptors (Lipinski definition) is 8. The van der Waals surface area contributed by atoms with Crippen LogP contribution in [0.5, 0.6) is 0 Å². The highest BCUT2D eigenvalue weighted by Gasteiger charge is 2.40. The predicted octanol–water partition coefficient (Wildman–Crippen LogP) is 3.17. The maximum absolute atomic E-state index is 14.3. The first-order valence-corrected chi connectivity index (χ1v) is 10.6. The molecule has 0 spiro atoms. The highest BCUT2D eigenvalue weighted by Crippen LogP contribution is 2.44. The number of thiophene rings is 1. The van der Waals surface area contributed by atoms with Gasteiger partial charge in [0, 0.05) is 11.1 Å². The summed E-state index contributed by atoms with van der Waals surface area (Å²) in [6.07, 6.45) is 2.00. The topological polar surface area (TPSA) is 114 Å². The maximum Gasteiger partial charge on any atom is 0.338 e. The minimum Gasteiger partial charge on any atom is -0.466 e. The molecule has 2 aliphatic rings. The van der Waals surface area contributed by atoms with E-state index < -0.39 is 23.7 Å². The maximum atomic E-state index is 14.3. The van der Waals surface area contributed by atoms with Crippen LogP contribution in [0.4, 0.5) is 4.39 Å². The van der Waals surface area contributed by atoms with Gasteiger partial charge in [-0.05, 0) is 48.8 Å². The van der Waals surface area contributed by atoms with E-state index in [-0.39, 0.29) is 29.1 Å². The van der Waals surface area contributed by atoms with Crippen LogP contribution in [-0.2, 0) is 19.1 Å². The van der Waals surface area contributed by atoms with Crippen LogP contribution in [-0.4, -0.2) is 25.7 Å². The molecule has 1 aromatic heterocycles. The molecular weight excluding hydrogens is 421 g/mol. The average Bonchev–Trinajstić information content (AvgIpc) is 3.48. The van der Waals surface area contributed by atoms with Gasteiger partial charge in [0.2, 0.25) is 0 Å². The second-order valence-corrected chi connectivity index (χ2v) is 8.47. The lowest BCUT2D eigenvalue weighted by atomic mass is 9.81. The molecule has 7 nitrogen and oxygen atoms in total. The largest absolute Gasteiger partial charge is 0.466 e. The highest BCUT2D eigenvalue weighted by molar-refractivity contribution is 7.17. The number of esters is 2. The van der Waals surface area contributed by atoms with Crippen LogP contribution in [0, 0.1) is 23.1 Å². The summed E-state index contributed by atoms with van der Waals surface area (Å²) < 4.78 is 25.3. The van der Waals surface area contributed by atoms with Crippen LogP contribution in [0.3, 0.4) is 0 Å². The Labute approximate surface area is 181 Å². The molecule has 31 heavy (non-hydrogen) atoms. The molecule has 1 unspecified atom stereocenters. The van der Waals surface area contributed by atoms with E-state index in [4.69, 9.17) is 15.2 Å². The summed E-state index contributed by atoms with van der Waals surface area (Å²) in [6, 6.07) is 4.43. The molecule has 2 heterocycles. The van der Waals surface area contributed by atoms with Crippen molar-refractivity contribution in [3.05, 3.63) is 57.1 Å². The second kappa shape index (κ2) is 8.04. The van der Waals surface area contributed by atoms with Crippen molar-refractivity contribution in [2.45, 2.75) is 25.7 Å². The number of nitrogens with zero attached hydrogens (tertiary/aromatic N) is 1. The molecule has 1 aliphatic carbocycles. The van der Waals surface area contributed by atoms with Crippen LogP contribution >= 0.6 is 11.3 Å². The number of hydrogen-bond donors (Lipinski definition) is 2. The fourth-order valence-electron chi connectivity index (χ4n) is 3.76. The number of ether oxygens (including phenoxy) is 2. The first-order chi connectivity index (χ1) is 14.8. The number of dihydropyridines is 1. The molecule has 0 bridgehead atoms. The van der Waals surface area contributed by atoms with E-state index in [1.165, 1.54) is 24.5 Å². The van der Waals surface area contributed by atoms with Gasteiger partial charge in [0.1, 0.15) is 17.7 Å². The summed E-state index contributed by atoms with van der Waals surface area (Å²) in [5.41, 5.74) is 7.51. The number of nitrogens with one attached hydrogen (secondary N) is 1. The van der Waals surface area contributed by atoms with Gasteiger partial charge in [-0.15, -0.1) is 11.3 Å². The third-order valence-corrected chi connectivity index (χ3v) is 6.51. The van der Waals surface area contributed by atoms with Gasteiger partial charge < -0.3 is 20.5 Å². The molecule has 0 radical (unpaired) electrons. The smallest absolute Gasteiger partial charge is 0.338 e. The number of rotatable bonds is 5. The van der Waals surface area contributed by atoms with Crippen molar-refractivity contribution in [1.29, 1.82) is 5.26 Å². The molecule has 1 aromatic carbocycles. The molecule has 2 aromatic rings. The zero-order valence-electron chi connectivity index (χ0n) is 17.0. The Balaban J connectivity index is 1.90. The molecule has 1 fully saturated rings. The minimum atomic E-state index is -0.928. The first-order valence-electron chi connectivity index (χ1n) is 9.69. The highest BCUT2D eigenvalue weighted by atomic mass is 32.1. The van der Waals surface area contributed by atoms with Crippen LogP contribution in [0.2, 0.25) is 0 Å². The van der Waals surface area contributed by atoms with E-state index in [1.54, 1.807) is 12.3 Å². The number of halogens is 1. The van der Waals surface area contributed by atoms with Crippen LogP contribution < -0.4 is 11.1 Å². The standard InChI is InChI=1S/C22H20FN3O4S/c1-10-16(21(27)29-2)17(18(20(25)26-10)22(28)30-8-11-3-4-11)15-9-31-19-12(7-24)5-13(23)6-14(15)19/h5-6,9,11,17,26H,3-4,8,25H2,1-2H3. The monoisotopic (exact) mass is 441 g/mol. The van der Waals surface area contributed by atoms with Gasteiger partial charge in [0.25, 0.3) is 0 Å². The molecular formula is C22H20FN3O4S. The third-order valence-electron chi connectivity index (χ3n) is 5.47. The second-order valence-electron chi connectivity index (χ2n) is 7.59. The van der Waals surface area contributed by atoms with Gasteiger partial charge in [-0.2, -0.15) is 5.26 Å². The van der Waals surface area contributed by atoms with Crippen molar-refractivity contribution < 1.29 is 23.5 Å². The number of benzene rings is 1. The van der Waals surface area contributed by atoms with Gasteiger partial charge in [0.15, 0.2) is 0 Å². The summed E-state index contributed by atoms with van der Waals surface area (Å²) in [7, 11) is 1.24. The molecule has 1 atom stereocenters. The SMILES string of the molecule is COC(=O)C1=C(C)NC(N)=C(C(=O)OCC2CC2)C1c1csc2c(C#N)cc(F)cc12. The van der Waals surface area contributed by atoms with Gasteiger partial charge in [-0.3, -0.25) is 0 Å². The number of methoxy groups -OCH3 is 1. The van der Waals surface area contributed by atoms with Crippen molar-refractivity contribution in [3.8, 4) is 6.07 Å². The van der Waals surface area contributed by atoms with Gasteiger partial charge >= 0.3 is 11.9 Å². The molecule has 160 valence electrons. The van der Waals surface area contributed by atoms with Crippen molar-refractivity contribution in [2.24, 2.45) is 11.7 Å². The van der Waals surface area contributed by atoms with Crippen molar-refractivity contribution in [2.75, 3.05) is 13.7 Å². The number of nitriles is 1. The first kappa shape index (κ1) is 20.9.